The van der Waals surface area contributed by atoms with Gasteiger partial charge in [0, 0.05) is 0 Å². The first kappa shape index (κ1) is 14.1. The SMILES string of the molecule is O=C(CN1CC(=O)Oc2ccccc21)Oc1ccc(F)cc1. The van der Waals surface area contributed by atoms with Gasteiger partial charge in [-0.05, 0) is 36.4 Å². The molecule has 0 bridgehead atoms. The second-order valence-electron chi connectivity index (χ2n) is 4.73. The molecule has 2 aromatic rings. The zero-order valence-electron chi connectivity index (χ0n) is 11.5. The summed E-state index contributed by atoms with van der Waals surface area (Å²) in [5.41, 5.74) is 0.651. The van der Waals surface area contributed by atoms with Crippen LogP contribution in [0.5, 0.6) is 11.5 Å². The highest BCUT2D eigenvalue weighted by Crippen LogP contribution is 2.31. The zero-order chi connectivity index (χ0) is 15.5. The lowest BCUT2D eigenvalue weighted by Gasteiger charge is -2.28. The van der Waals surface area contributed by atoms with E-state index in [4.69, 9.17) is 9.47 Å². The zero-order valence-corrected chi connectivity index (χ0v) is 11.5. The van der Waals surface area contributed by atoms with Crippen LogP contribution in [0.4, 0.5) is 10.1 Å². The minimum absolute atomic E-state index is 0.0322. The predicted molar refractivity (Wildman–Crippen MR) is 76.3 cm³/mol. The molecule has 3 rings (SSSR count). The van der Waals surface area contributed by atoms with Gasteiger partial charge in [-0.3, -0.25) is 0 Å². The monoisotopic (exact) mass is 301 g/mol. The predicted octanol–water partition coefficient (Wildman–Crippen LogP) is 2.16. The Bertz CT molecular complexity index is 714. The summed E-state index contributed by atoms with van der Waals surface area (Å²) >= 11 is 0. The van der Waals surface area contributed by atoms with Crippen LogP contribution in [0.15, 0.2) is 48.5 Å². The lowest BCUT2D eigenvalue weighted by Crippen LogP contribution is -2.41. The number of esters is 2. The van der Waals surface area contributed by atoms with E-state index in [9.17, 15) is 14.0 Å². The second kappa shape index (κ2) is 5.85. The van der Waals surface area contributed by atoms with Crippen molar-refractivity contribution in [3.8, 4) is 11.5 Å². The van der Waals surface area contributed by atoms with E-state index in [-0.39, 0.29) is 18.8 Å². The molecule has 0 N–H and O–H groups in total. The molecule has 0 unspecified atom stereocenters. The molecule has 6 heteroatoms. The Labute approximate surface area is 125 Å². The third kappa shape index (κ3) is 3.06. The van der Waals surface area contributed by atoms with Gasteiger partial charge in [0.15, 0.2) is 5.75 Å². The molecule has 0 aliphatic carbocycles. The van der Waals surface area contributed by atoms with Crippen molar-refractivity contribution in [1.29, 1.82) is 0 Å². The molecule has 1 heterocycles. The van der Waals surface area contributed by atoms with Gasteiger partial charge in [0.25, 0.3) is 0 Å². The summed E-state index contributed by atoms with van der Waals surface area (Å²) in [5, 5.41) is 0. The smallest absolute Gasteiger partial charge is 0.331 e. The topological polar surface area (TPSA) is 55.8 Å². The lowest BCUT2D eigenvalue weighted by molar-refractivity contribution is -0.134. The van der Waals surface area contributed by atoms with Crippen molar-refractivity contribution in [3.05, 3.63) is 54.3 Å². The van der Waals surface area contributed by atoms with Gasteiger partial charge in [0.05, 0.1) is 5.69 Å². The number of rotatable bonds is 3. The highest BCUT2D eigenvalue weighted by atomic mass is 19.1. The third-order valence-corrected chi connectivity index (χ3v) is 3.11. The van der Waals surface area contributed by atoms with Crippen molar-refractivity contribution in [2.75, 3.05) is 18.0 Å². The molecule has 5 nitrogen and oxygen atoms in total. The molecule has 22 heavy (non-hydrogen) atoms. The molecule has 1 aliphatic heterocycles. The maximum Gasteiger partial charge on any atom is 0.331 e. The fraction of sp³-hybridized carbons (Fsp3) is 0.125. The summed E-state index contributed by atoms with van der Waals surface area (Å²) in [6.07, 6.45) is 0. The summed E-state index contributed by atoms with van der Waals surface area (Å²) < 4.78 is 23.0. The van der Waals surface area contributed by atoms with E-state index >= 15 is 0 Å². The molecule has 2 aromatic carbocycles. The van der Waals surface area contributed by atoms with Gasteiger partial charge in [-0.15, -0.1) is 0 Å². The van der Waals surface area contributed by atoms with Crippen molar-refractivity contribution < 1.29 is 23.5 Å². The van der Waals surface area contributed by atoms with Crippen LogP contribution in [0.25, 0.3) is 0 Å². The number of anilines is 1. The molecule has 0 fully saturated rings. The largest absolute Gasteiger partial charge is 0.425 e. The quantitative estimate of drug-likeness (QED) is 0.642. The molecular formula is C16H12FNO4. The standard InChI is InChI=1S/C16H12FNO4/c17-11-5-7-12(8-6-11)21-15(19)9-18-10-16(20)22-14-4-2-1-3-13(14)18/h1-8H,9-10H2. The average molecular weight is 301 g/mol. The van der Waals surface area contributed by atoms with E-state index < -0.39 is 17.8 Å². The summed E-state index contributed by atoms with van der Waals surface area (Å²) in [4.78, 5) is 25.1. The first-order valence-electron chi connectivity index (χ1n) is 6.63. The number of carbonyl (C=O) groups is 2. The average Bonchev–Trinajstić information content (AvgIpc) is 2.49. The molecule has 112 valence electrons. The summed E-state index contributed by atoms with van der Waals surface area (Å²) in [6, 6.07) is 12.1. The molecule has 0 radical (unpaired) electrons. The number of halogens is 1. The van der Waals surface area contributed by atoms with Gasteiger partial charge in [0.1, 0.15) is 24.7 Å². The van der Waals surface area contributed by atoms with E-state index in [0.29, 0.717) is 11.4 Å². The van der Waals surface area contributed by atoms with Gasteiger partial charge in [-0.1, -0.05) is 12.1 Å². The van der Waals surface area contributed by atoms with Crippen LogP contribution in [0.1, 0.15) is 0 Å². The number of ether oxygens (including phenoxy) is 2. The van der Waals surface area contributed by atoms with Crippen LogP contribution in [0, 0.1) is 5.82 Å². The van der Waals surface area contributed by atoms with Crippen LogP contribution in [0.2, 0.25) is 0 Å². The number of hydrogen-bond donors (Lipinski definition) is 0. The van der Waals surface area contributed by atoms with Gasteiger partial charge < -0.3 is 14.4 Å². The van der Waals surface area contributed by atoms with Crippen molar-refractivity contribution in [3.63, 3.8) is 0 Å². The third-order valence-electron chi connectivity index (χ3n) is 3.11. The number of para-hydroxylation sites is 2. The maximum atomic E-state index is 12.8. The first-order valence-corrected chi connectivity index (χ1v) is 6.63. The number of nitrogens with zero attached hydrogens (tertiary/aromatic N) is 1. The van der Waals surface area contributed by atoms with Gasteiger partial charge in [-0.2, -0.15) is 0 Å². The minimum atomic E-state index is -0.545. The number of carbonyl (C=O) groups excluding carboxylic acids is 2. The van der Waals surface area contributed by atoms with Gasteiger partial charge >= 0.3 is 11.9 Å². The van der Waals surface area contributed by atoms with Crippen molar-refractivity contribution >= 4 is 17.6 Å². The number of fused-ring (bicyclic) bond motifs is 1. The van der Waals surface area contributed by atoms with E-state index in [0.717, 1.165) is 0 Å². The van der Waals surface area contributed by atoms with E-state index in [1.165, 1.54) is 24.3 Å². The molecule has 0 saturated heterocycles. The Kier molecular flexibility index (Phi) is 3.74. The molecule has 0 saturated carbocycles. The Morgan fingerprint density at radius 3 is 2.68 bits per heavy atom. The number of hydrogen-bond acceptors (Lipinski definition) is 5. The second-order valence-corrected chi connectivity index (χ2v) is 4.73. The fourth-order valence-electron chi connectivity index (χ4n) is 2.16. The highest BCUT2D eigenvalue weighted by Gasteiger charge is 2.25. The normalized spacial score (nSPS) is 13.3. The van der Waals surface area contributed by atoms with Crippen molar-refractivity contribution in [2.45, 2.75) is 0 Å². The Balaban J connectivity index is 1.71. The van der Waals surface area contributed by atoms with E-state index in [2.05, 4.69) is 0 Å². The van der Waals surface area contributed by atoms with Crippen LogP contribution >= 0.6 is 0 Å². The first-order chi connectivity index (χ1) is 10.6. The maximum absolute atomic E-state index is 12.8. The molecule has 0 spiro atoms. The fourth-order valence-corrected chi connectivity index (χ4v) is 2.16. The Morgan fingerprint density at radius 1 is 1.18 bits per heavy atom. The van der Waals surface area contributed by atoms with Crippen molar-refractivity contribution in [2.24, 2.45) is 0 Å². The minimum Gasteiger partial charge on any atom is -0.425 e. The molecule has 0 amide bonds. The molecule has 0 atom stereocenters. The van der Waals surface area contributed by atoms with Gasteiger partial charge in [0.2, 0.25) is 0 Å². The summed E-state index contributed by atoms with van der Waals surface area (Å²) in [6.45, 7) is -0.140. The molecule has 0 aromatic heterocycles. The molecule has 1 aliphatic rings. The van der Waals surface area contributed by atoms with Crippen molar-refractivity contribution in [1.82, 2.24) is 0 Å². The number of benzene rings is 2. The van der Waals surface area contributed by atoms with Gasteiger partial charge in [-0.25, -0.2) is 14.0 Å². The van der Waals surface area contributed by atoms with Crippen LogP contribution < -0.4 is 14.4 Å². The Morgan fingerprint density at radius 2 is 1.91 bits per heavy atom. The highest BCUT2D eigenvalue weighted by molar-refractivity contribution is 5.88. The van der Waals surface area contributed by atoms with E-state index in [1.54, 1.807) is 29.2 Å². The lowest BCUT2D eigenvalue weighted by atomic mass is 10.2. The van der Waals surface area contributed by atoms with E-state index in [1.807, 2.05) is 0 Å². The summed E-state index contributed by atoms with van der Waals surface area (Å²) in [7, 11) is 0. The Hall–Kier alpha value is -2.89. The van der Waals surface area contributed by atoms with Crippen LogP contribution in [-0.2, 0) is 9.59 Å². The van der Waals surface area contributed by atoms with Crippen LogP contribution in [-0.4, -0.2) is 25.0 Å². The summed E-state index contributed by atoms with van der Waals surface area (Å²) in [5.74, 6) is -0.732. The molecular weight excluding hydrogens is 289 g/mol. The van der Waals surface area contributed by atoms with Crippen LogP contribution in [0.3, 0.4) is 0 Å².